The highest BCUT2D eigenvalue weighted by Crippen LogP contribution is 2.43. The molecule has 0 unspecified atom stereocenters. The highest BCUT2D eigenvalue weighted by Gasteiger charge is 2.39. The lowest BCUT2D eigenvalue weighted by atomic mass is 9.82. The zero-order valence-electron chi connectivity index (χ0n) is 20.8. The molecule has 0 spiro atoms. The molecule has 2 saturated heterocycles. The van der Waals surface area contributed by atoms with Crippen LogP contribution in [0.2, 0.25) is 0 Å². The van der Waals surface area contributed by atoms with E-state index in [4.69, 9.17) is 4.74 Å². The molecule has 0 bridgehead atoms. The number of hydrogen-bond acceptors (Lipinski definition) is 7. The molecular formula is C26H31FN6O3S. The van der Waals surface area contributed by atoms with Gasteiger partial charge in [0.05, 0.1) is 24.0 Å². The van der Waals surface area contributed by atoms with Crippen LogP contribution in [0.1, 0.15) is 30.4 Å². The van der Waals surface area contributed by atoms with Crippen molar-refractivity contribution in [2.45, 2.75) is 49.3 Å². The first-order valence-electron chi connectivity index (χ1n) is 12.8. The van der Waals surface area contributed by atoms with Gasteiger partial charge < -0.3 is 9.64 Å². The van der Waals surface area contributed by atoms with Gasteiger partial charge in [-0.2, -0.15) is 0 Å². The number of ether oxygens (including phenoxy) is 1. The molecule has 9 nitrogen and oxygen atoms in total. The molecule has 3 aliphatic heterocycles. The molecule has 1 aromatic heterocycles. The largest absolute Gasteiger partial charge is 0.492 e. The predicted molar refractivity (Wildman–Crippen MR) is 137 cm³/mol. The van der Waals surface area contributed by atoms with E-state index in [1.165, 1.54) is 28.9 Å². The molecule has 2 atom stereocenters. The van der Waals surface area contributed by atoms with Crippen molar-refractivity contribution in [2.24, 2.45) is 0 Å². The number of aromatic nitrogens is 3. The van der Waals surface area contributed by atoms with Crippen LogP contribution in [0.15, 0.2) is 53.7 Å². The van der Waals surface area contributed by atoms with Crippen molar-refractivity contribution in [2.75, 3.05) is 37.7 Å². The Hall–Kier alpha value is -3.02. The fraction of sp³-hybridized carbons (Fsp3) is 0.462. The second kappa shape index (κ2) is 9.70. The summed E-state index contributed by atoms with van der Waals surface area (Å²) in [5.41, 5.74) is 2.75. The van der Waals surface area contributed by atoms with E-state index in [0.717, 1.165) is 25.1 Å². The van der Waals surface area contributed by atoms with Gasteiger partial charge in [-0.3, -0.25) is 9.58 Å². The Balaban J connectivity index is 1.21. The third-order valence-corrected chi connectivity index (χ3v) is 9.05. The number of hydrogen-bond donors (Lipinski definition) is 1. The van der Waals surface area contributed by atoms with Gasteiger partial charge in [0, 0.05) is 37.2 Å². The van der Waals surface area contributed by atoms with E-state index in [0.29, 0.717) is 37.7 Å². The van der Waals surface area contributed by atoms with Crippen molar-refractivity contribution >= 4 is 15.7 Å². The van der Waals surface area contributed by atoms with Crippen LogP contribution in [0.5, 0.6) is 5.75 Å². The van der Waals surface area contributed by atoms with Crippen molar-refractivity contribution in [3.8, 4) is 5.75 Å². The molecule has 3 aliphatic rings. The van der Waals surface area contributed by atoms with E-state index < -0.39 is 10.0 Å². The summed E-state index contributed by atoms with van der Waals surface area (Å²) in [6.45, 7) is 5.81. The lowest BCUT2D eigenvalue weighted by Gasteiger charge is -2.46. The fourth-order valence-corrected chi connectivity index (χ4v) is 6.56. The number of likely N-dealkylation sites (tertiary alicyclic amines) is 1. The van der Waals surface area contributed by atoms with Crippen LogP contribution in [0.25, 0.3) is 0 Å². The van der Waals surface area contributed by atoms with E-state index in [1.807, 2.05) is 36.1 Å². The average Bonchev–Trinajstić information content (AvgIpc) is 3.33. The second-order valence-corrected chi connectivity index (χ2v) is 11.7. The van der Waals surface area contributed by atoms with Crippen LogP contribution in [0, 0.1) is 5.82 Å². The molecule has 0 aliphatic carbocycles. The Morgan fingerprint density at radius 3 is 2.62 bits per heavy atom. The molecule has 2 fully saturated rings. The Labute approximate surface area is 216 Å². The van der Waals surface area contributed by atoms with Gasteiger partial charge in [-0.1, -0.05) is 35.5 Å². The molecule has 0 radical (unpaired) electrons. The predicted octanol–water partition coefficient (Wildman–Crippen LogP) is 2.40. The number of nitrogens with zero attached hydrogens (tertiary/aromatic N) is 5. The minimum atomic E-state index is -3.79. The Bertz CT molecular complexity index is 1370. The summed E-state index contributed by atoms with van der Waals surface area (Å²) in [7, 11) is -3.79. The van der Waals surface area contributed by atoms with Crippen LogP contribution in [-0.4, -0.2) is 73.2 Å². The molecule has 37 heavy (non-hydrogen) atoms. The van der Waals surface area contributed by atoms with Crippen molar-refractivity contribution in [1.82, 2.24) is 24.6 Å². The number of nitrogens with one attached hydrogen (secondary N) is 1. The number of aryl methyl sites for hydroxylation is 1. The highest BCUT2D eigenvalue weighted by molar-refractivity contribution is 7.89. The van der Waals surface area contributed by atoms with Gasteiger partial charge >= 0.3 is 0 Å². The van der Waals surface area contributed by atoms with Gasteiger partial charge in [0.15, 0.2) is 0 Å². The van der Waals surface area contributed by atoms with E-state index in [9.17, 15) is 8.42 Å². The lowest BCUT2D eigenvalue weighted by molar-refractivity contribution is 0.0500. The van der Waals surface area contributed by atoms with Crippen molar-refractivity contribution in [3.05, 3.63) is 65.6 Å². The number of benzene rings is 2. The summed E-state index contributed by atoms with van der Waals surface area (Å²) in [5, 5.41) is 7.46. The summed E-state index contributed by atoms with van der Waals surface area (Å²) in [5.74, 6) is 0.435. The maximum Gasteiger partial charge on any atom is 0.261 e. The second-order valence-electron chi connectivity index (χ2n) is 10.0. The first-order chi connectivity index (χ1) is 17.9. The molecule has 2 aromatic carbocycles. The molecule has 1 N–H and O–H groups in total. The lowest BCUT2D eigenvalue weighted by Crippen LogP contribution is -2.59. The van der Waals surface area contributed by atoms with Gasteiger partial charge in [-0.25, -0.2) is 17.5 Å². The summed E-state index contributed by atoms with van der Waals surface area (Å²) >= 11 is 0. The zero-order valence-corrected chi connectivity index (χ0v) is 21.6. The molecule has 3 aromatic rings. The van der Waals surface area contributed by atoms with E-state index in [-0.39, 0.29) is 28.8 Å². The highest BCUT2D eigenvalue weighted by atomic mass is 32.2. The topological polar surface area (TPSA) is 92.6 Å². The zero-order chi connectivity index (χ0) is 25.6. The minimum Gasteiger partial charge on any atom is -0.492 e. The standard InChI is InChI=1S/C26H31FN6O3S/c1-2-33-16-26(28-30-33)37(34,35)29-19-14-32(15-19)23-12-21-20(11-18-7-4-3-5-8-18)24(31-9-6-10-31)17-36-25(21)13-22(23)27/h3-5,7-8,12-13,16,19-20,24,29H,2,6,9-11,14-15,17H2,1H3/t20-,24+/m0/s1. The van der Waals surface area contributed by atoms with Crippen LogP contribution in [0.3, 0.4) is 0 Å². The third kappa shape index (κ3) is 4.71. The molecule has 6 rings (SSSR count). The Kier molecular flexibility index (Phi) is 6.37. The molecule has 0 saturated carbocycles. The number of rotatable bonds is 8. The first kappa shape index (κ1) is 24.3. The molecule has 196 valence electrons. The monoisotopic (exact) mass is 526 g/mol. The van der Waals surface area contributed by atoms with E-state index in [1.54, 1.807) is 0 Å². The van der Waals surface area contributed by atoms with E-state index >= 15 is 4.39 Å². The van der Waals surface area contributed by atoms with Crippen LogP contribution in [-0.2, 0) is 23.0 Å². The van der Waals surface area contributed by atoms with Gasteiger partial charge in [-0.15, -0.1) is 5.10 Å². The summed E-state index contributed by atoms with van der Waals surface area (Å²) in [6, 6.07) is 13.7. The summed E-state index contributed by atoms with van der Waals surface area (Å²) in [6.07, 6.45) is 3.45. The number of halogens is 1. The minimum absolute atomic E-state index is 0.106. The van der Waals surface area contributed by atoms with Crippen LogP contribution in [0.4, 0.5) is 10.1 Å². The number of anilines is 1. The van der Waals surface area contributed by atoms with Crippen LogP contribution < -0.4 is 14.4 Å². The Morgan fingerprint density at radius 1 is 1.16 bits per heavy atom. The smallest absolute Gasteiger partial charge is 0.261 e. The maximum atomic E-state index is 15.2. The van der Waals surface area contributed by atoms with E-state index in [2.05, 4.69) is 32.1 Å². The summed E-state index contributed by atoms with van der Waals surface area (Å²) < 4.78 is 50.8. The van der Waals surface area contributed by atoms with Crippen molar-refractivity contribution < 1.29 is 17.5 Å². The molecule has 0 amide bonds. The first-order valence-corrected chi connectivity index (χ1v) is 14.3. The quantitative estimate of drug-likeness (QED) is 0.482. The average molecular weight is 527 g/mol. The van der Waals surface area contributed by atoms with Gasteiger partial charge in [-0.05, 0) is 44.5 Å². The van der Waals surface area contributed by atoms with Gasteiger partial charge in [0.2, 0.25) is 5.03 Å². The Morgan fingerprint density at radius 2 is 1.95 bits per heavy atom. The molecular weight excluding hydrogens is 495 g/mol. The van der Waals surface area contributed by atoms with Crippen molar-refractivity contribution in [3.63, 3.8) is 0 Å². The third-order valence-electron chi connectivity index (χ3n) is 7.67. The van der Waals surface area contributed by atoms with Gasteiger partial charge in [0.1, 0.15) is 18.2 Å². The summed E-state index contributed by atoms with van der Waals surface area (Å²) in [4.78, 5) is 4.33. The molecule has 4 heterocycles. The number of fused-ring (bicyclic) bond motifs is 1. The molecule has 11 heteroatoms. The fourth-order valence-electron chi connectivity index (χ4n) is 5.45. The van der Waals surface area contributed by atoms with Crippen molar-refractivity contribution in [1.29, 1.82) is 0 Å². The SMILES string of the molecule is CCn1cc(S(=O)(=O)NC2CN(c3cc4c(cc3F)OC[C@@H](N3CCC3)[C@H]4Cc3ccccc3)C2)nn1. The van der Waals surface area contributed by atoms with Gasteiger partial charge in [0.25, 0.3) is 10.0 Å². The normalized spacial score (nSPS) is 22.2. The number of sulfonamides is 1. The van der Waals surface area contributed by atoms with Crippen LogP contribution >= 0.6 is 0 Å². The maximum absolute atomic E-state index is 15.2.